The van der Waals surface area contributed by atoms with Crippen molar-refractivity contribution in [2.24, 2.45) is 5.73 Å². The maximum atomic E-state index is 5.33. The summed E-state index contributed by atoms with van der Waals surface area (Å²) in [5.74, 6) is 2.59. The Balaban J connectivity index is -0.000000405. The molecule has 0 rings (SSSR count). The number of hydrogen-bond donors (Lipinski definition) is 1. The molecule has 0 unspecified atom stereocenters. The van der Waals surface area contributed by atoms with Crippen LogP contribution in [-0.4, -0.2) is 31.6 Å². The third kappa shape index (κ3) is 12.7. The van der Waals surface area contributed by atoms with Crippen molar-refractivity contribution >= 4 is 24.8 Å². The Bertz CT molecular complexity index is 112. The van der Waals surface area contributed by atoms with Gasteiger partial charge in [-0.2, -0.15) is 0 Å². The summed E-state index contributed by atoms with van der Waals surface area (Å²) in [6, 6.07) is 0. The number of rotatable bonds is 5. The van der Waals surface area contributed by atoms with E-state index in [0.717, 1.165) is 32.5 Å². The smallest absolute Gasteiger partial charge is 0.0596 e. The lowest BCUT2D eigenvalue weighted by Crippen LogP contribution is -2.20. The minimum Gasteiger partial charge on any atom is -0.330 e. The van der Waals surface area contributed by atoms with Crippen LogP contribution in [0.1, 0.15) is 12.8 Å². The van der Waals surface area contributed by atoms with E-state index in [0.29, 0.717) is 0 Å². The monoisotopic (exact) mass is 212 g/mol. The van der Waals surface area contributed by atoms with Gasteiger partial charge in [-0.25, -0.2) is 0 Å². The van der Waals surface area contributed by atoms with Crippen molar-refractivity contribution in [2.75, 3.05) is 26.7 Å². The van der Waals surface area contributed by atoms with Crippen molar-refractivity contribution in [3.63, 3.8) is 0 Å². The summed E-state index contributed by atoms with van der Waals surface area (Å²) in [5, 5.41) is 0. The summed E-state index contributed by atoms with van der Waals surface area (Å²) < 4.78 is 0. The van der Waals surface area contributed by atoms with Gasteiger partial charge in [0.1, 0.15) is 0 Å². The average molecular weight is 213 g/mol. The molecule has 0 heterocycles. The van der Waals surface area contributed by atoms with Crippen LogP contribution in [0, 0.1) is 12.3 Å². The molecule has 0 radical (unpaired) electrons. The van der Waals surface area contributed by atoms with Crippen LogP contribution in [0.5, 0.6) is 0 Å². The van der Waals surface area contributed by atoms with Crippen LogP contribution in [0.4, 0.5) is 0 Å². The van der Waals surface area contributed by atoms with Gasteiger partial charge in [-0.15, -0.1) is 31.2 Å². The largest absolute Gasteiger partial charge is 0.330 e. The first-order chi connectivity index (χ1) is 4.81. The highest BCUT2D eigenvalue weighted by atomic mass is 35.5. The van der Waals surface area contributed by atoms with Crippen molar-refractivity contribution in [2.45, 2.75) is 12.8 Å². The Morgan fingerprint density at radius 1 is 1.33 bits per heavy atom. The van der Waals surface area contributed by atoms with Gasteiger partial charge >= 0.3 is 0 Å². The van der Waals surface area contributed by atoms with Crippen LogP contribution in [-0.2, 0) is 0 Å². The molecule has 0 amide bonds. The molecule has 12 heavy (non-hydrogen) atoms. The number of terminal acetylenes is 1. The molecule has 0 aromatic heterocycles. The van der Waals surface area contributed by atoms with Gasteiger partial charge in [0.05, 0.1) is 6.54 Å². The Labute approximate surface area is 87.7 Å². The maximum Gasteiger partial charge on any atom is 0.0596 e. The number of halogens is 2. The number of nitrogens with two attached hydrogens (primary N) is 1. The molecule has 0 aromatic rings. The van der Waals surface area contributed by atoms with E-state index < -0.39 is 0 Å². The lowest BCUT2D eigenvalue weighted by atomic mass is 10.3. The Hall–Kier alpha value is 0.0600. The minimum absolute atomic E-state index is 0. The fourth-order valence-corrected chi connectivity index (χ4v) is 0.761. The van der Waals surface area contributed by atoms with Crippen LogP contribution in [0.2, 0.25) is 0 Å². The Kier molecular flexibility index (Phi) is 20.4. The molecule has 0 aliphatic carbocycles. The third-order valence-corrected chi connectivity index (χ3v) is 1.36. The average Bonchev–Trinajstić information content (AvgIpc) is 1.89. The summed E-state index contributed by atoms with van der Waals surface area (Å²) >= 11 is 0. The first kappa shape index (κ1) is 18.0. The fourth-order valence-electron chi connectivity index (χ4n) is 0.761. The van der Waals surface area contributed by atoms with Crippen LogP contribution >= 0.6 is 24.8 Å². The molecule has 0 aliphatic rings. The summed E-state index contributed by atoms with van der Waals surface area (Å²) in [4.78, 5) is 2.12. The van der Waals surface area contributed by atoms with Gasteiger partial charge in [0.2, 0.25) is 0 Å². The molecule has 0 saturated heterocycles. The normalized spacial score (nSPS) is 8.17. The zero-order valence-electron chi connectivity index (χ0n) is 7.45. The topological polar surface area (TPSA) is 29.3 Å². The highest BCUT2D eigenvalue weighted by Gasteiger charge is 1.92. The van der Waals surface area contributed by atoms with E-state index in [2.05, 4.69) is 10.8 Å². The first-order valence-electron chi connectivity index (χ1n) is 3.63. The second-order valence-electron chi connectivity index (χ2n) is 2.44. The molecule has 0 aromatic carbocycles. The van der Waals surface area contributed by atoms with Crippen molar-refractivity contribution < 1.29 is 0 Å². The molecule has 74 valence electrons. The lowest BCUT2D eigenvalue weighted by molar-refractivity contribution is 0.366. The van der Waals surface area contributed by atoms with Crippen LogP contribution in [0.25, 0.3) is 0 Å². The van der Waals surface area contributed by atoms with Gasteiger partial charge in [-0.3, -0.25) is 4.90 Å². The Morgan fingerprint density at radius 2 is 1.92 bits per heavy atom. The van der Waals surface area contributed by atoms with Crippen molar-refractivity contribution in [1.29, 1.82) is 0 Å². The van der Waals surface area contributed by atoms with E-state index in [1.54, 1.807) is 0 Å². The van der Waals surface area contributed by atoms with Crippen LogP contribution in [0.3, 0.4) is 0 Å². The molecule has 0 bridgehead atoms. The zero-order chi connectivity index (χ0) is 7.82. The van der Waals surface area contributed by atoms with E-state index in [9.17, 15) is 0 Å². The van der Waals surface area contributed by atoms with Crippen LogP contribution in [0.15, 0.2) is 0 Å². The number of nitrogens with zero attached hydrogens (tertiary/aromatic N) is 1. The van der Waals surface area contributed by atoms with Crippen molar-refractivity contribution in [3.05, 3.63) is 0 Å². The molecule has 0 saturated carbocycles. The highest BCUT2D eigenvalue weighted by molar-refractivity contribution is 5.85. The molecule has 4 heteroatoms. The van der Waals surface area contributed by atoms with Crippen molar-refractivity contribution in [1.82, 2.24) is 4.90 Å². The fraction of sp³-hybridized carbons (Fsp3) is 0.750. The molecule has 2 N–H and O–H groups in total. The lowest BCUT2D eigenvalue weighted by Gasteiger charge is -2.11. The number of unbranched alkanes of at least 4 members (excludes halogenated alkanes) is 1. The first-order valence-corrected chi connectivity index (χ1v) is 3.63. The summed E-state index contributed by atoms with van der Waals surface area (Å²) in [7, 11) is 2.02. The van der Waals surface area contributed by atoms with E-state index in [1.165, 1.54) is 0 Å². The summed E-state index contributed by atoms with van der Waals surface area (Å²) in [6.45, 7) is 2.58. The predicted octanol–water partition coefficient (Wildman–Crippen LogP) is 1.13. The summed E-state index contributed by atoms with van der Waals surface area (Å²) in [6.07, 6.45) is 7.36. The SMILES string of the molecule is C#CCN(C)CCCCN.Cl.Cl. The molecule has 0 aliphatic heterocycles. The van der Waals surface area contributed by atoms with E-state index in [4.69, 9.17) is 12.2 Å². The van der Waals surface area contributed by atoms with Gasteiger partial charge in [-0.05, 0) is 33.0 Å². The van der Waals surface area contributed by atoms with Gasteiger partial charge in [0, 0.05) is 0 Å². The zero-order valence-corrected chi connectivity index (χ0v) is 9.09. The van der Waals surface area contributed by atoms with Gasteiger partial charge in [-0.1, -0.05) is 5.92 Å². The predicted molar refractivity (Wildman–Crippen MR) is 59.1 cm³/mol. The van der Waals surface area contributed by atoms with Gasteiger partial charge < -0.3 is 5.73 Å². The van der Waals surface area contributed by atoms with Crippen LogP contribution < -0.4 is 5.73 Å². The van der Waals surface area contributed by atoms with E-state index >= 15 is 0 Å². The molecule has 0 fully saturated rings. The quantitative estimate of drug-likeness (QED) is 0.548. The van der Waals surface area contributed by atoms with Gasteiger partial charge in [0.25, 0.3) is 0 Å². The Morgan fingerprint density at radius 3 is 2.33 bits per heavy atom. The van der Waals surface area contributed by atoms with Crippen molar-refractivity contribution in [3.8, 4) is 12.3 Å². The van der Waals surface area contributed by atoms with Gasteiger partial charge in [0.15, 0.2) is 0 Å². The molecule has 0 atom stereocenters. The molecular formula is C8H18Cl2N2. The third-order valence-electron chi connectivity index (χ3n) is 1.36. The summed E-state index contributed by atoms with van der Waals surface area (Å²) in [5.41, 5.74) is 5.33. The maximum absolute atomic E-state index is 5.33. The second-order valence-corrected chi connectivity index (χ2v) is 2.44. The second kappa shape index (κ2) is 13.6. The van der Waals surface area contributed by atoms with E-state index in [1.807, 2.05) is 7.05 Å². The van der Waals surface area contributed by atoms with E-state index in [-0.39, 0.29) is 24.8 Å². The minimum atomic E-state index is 0. The highest BCUT2D eigenvalue weighted by Crippen LogP contribution is 1.89. The standard InChI is InChI=1S/C8H16N2.2ClH/c1-3-7-10(2)8-5-4-6-9;;/h1H,4-9H2,2H3;2*1H. The molecule has 0 spiro atoms. The molecule has 2 nitrogen and oxygen atoms in total. The molecular weight excluding hydrogens is 195 g/mol. The number of hydrogen-bond acceptors (Lipinski definition) is 2.